The van der Waals surface area contributed by atoms with Crippen LogP contribution in [0.5, 0.6) is 0 Å². The number of aromatic nitrogens is 2. The number of nitrogen functional groups attached to an aromatic ring is 1. The van der Waals surface area contributed by atoms with Crippen molar-refractivity contribution in [2.75, 3.05) is 5.73 Å². The highest BCUT2D eigenvalue weighted by atomic mass is 14.9. The minimum absolute atomic E-state index is 0.227. The van der Waals surface area contributed by atoms with Gasteiger partial charge in [-0.25, -0.2) is 9.97 Å². The van der Waals surface area contributed by atoms with Gasteiger partial charge in [-0.1, -0.05) is 19.3 Å². The topological polar surface area (TPSA) is 75.6 Å². The zero-order valence-corrected chi connectivity index (χ0v) is 8.61. The monoisotopic (exact) mass is 202 g/mol. The van der Waals surface area contributed by atoms with Gasteiger partial charge in [0.25, 0.3) is 0 Å². The number of hydrogen-bond donors (Lipinski definition) is 1. The van der Waals surface area contributed by atoms with E-state index in [4.69, 9.17) is 11.0 Å². The van der Waals surface area contributed by atoms with Crippen LogP contribution < -0.4 is 5.73 Å². The molecule has 1 saturated carbocycles. The number of hydrogen-bond acceptors (Lipinski definition) is 4. The van der Waals surface area contributed by atoms with Crippen LogP contribution in [0.4, 0.5) is 5.69 Å². The zero-order valence-electron chi connectivity index (χ0n) is 8.61. The van der Waals surface area contributed by atoms with Crippen molar-refractivity contribution in [1.29, 1.82) is 5.26 Å². The summed E-state index contributed by atoms with van der Waals surface area (Å²) in [7, 11) is 0. The molecule has 0 amide bonds. The molecule has 0 aromatic carbocycles. The molecule has 1 heterocycles. The molecule has 1 aliphatic rings. The molecule has 0 aliphatic heterocycles. The smallest absolute Gasteiger partial charge is 0.232 e. The van der Waals surface area contributed by atoms with Crippen molar-refractivity contribution in [2.24, 2.45) is 0 Å². The minimum Gasteiger partial charge on any atom is -0.396 e. The molecule has 0 spiro atoms. The van der Waals surface area contributed by atoms with Gasteiger partial charge >= 0.3 is 0 Å². The average molecular weight is 202 g/mol. The van der Waals surface area contributed by atoms with Gasteiger partial charge in [0.1, 0.15) is 6.07 Å². The molecule has 0 saturated heterocycles. The van der Waals surface area contributed by atoms with Gasteiger partial charge in [0.05, 0.1) is 17.6 Å². The maximum absolute atomic E-state index is 8.74. The molecule has 2 rings (SSSR count). The van der Waals surface area contributed by atoms with E-state index < -0.39 is 0 Å². The van der Waals surface area contributed by atoms with E-state index in [1.165, 1.54) is 19.3 Å². The molecule has 1 aromatic rings. The van der Waals surface area contributed by atoms with E-state index in [2.05, 4.69) is 9.97 Å². The maximum atomic E-state index is 8.74. The van der Waals surface area contributed by atoms with E-state index in [1.54, 1.807) is 6.20 Å². The molecule has 0 atom stereocenters. The van der Waals surface area contributed by atoms with Crippen molar-refractivity contribution in [3.05, 3.63) is 17.7 Å². The molecule has 0 radical (unpaired) electrons. The zero-order chi connectivity index (χ0) is 10.7. The first-order valence-corrected chi connectivity index (χ1v) is 5.34. The Bertz CT molecular complexity index is 388. The molecular formula is C11H14N4. The van der Waals surface area contributed by atoms with Crippen LogP contribution in [0.15, 0.2) is 6.20 Å². The number of rotatable bonds is 1. The van der Waals surface area contributed by atoms with E-state index in [0.29, 0.717) is 11.6 Å². The van der Waals surface area contributed by atoms with Crippen LogP contribution in [0.1, 0.15) is 49.5 Å². The van der Waals surface area contributed by atoms with Gasteiger partial charge in [0, 0.05) is 5.92 Å². The van der Waals surface area contributed by atoms with Crippen molar-refractivity contribution >= 4 is 5.69 Å². The van der Waals surface area contributed by atoms with E-state index in [0.717, 1.165) is 18.5 Å². The standard InChI is InChI=1S/C11H14N4/c12-6-10-14-7-9(13)11(15-10)8-4-2-1-3-5-8/h7-8H,1-5,13H2. The van der Waals surface area contributed by atoms with Crippen molar-refractivity contribution < 1.29 is 0 Å². The average Bonchev–Trinajstić information content (AvgIpc) is 2.31. The Balaban J connectivity index is 2.29. The molecule has 78 valence electrons. The number of nitrogens with two attached hydrogens (primary N) is 1. The highest BCUT2D eigenvalue weighted by Crippen LogP contribution is 2.33. The fraction of sp³-hybridized carbons (Fsp3) is 0.545. The summed E-state index contributed by atoms with van der Waals surface area (Å²) >= 11 is 0. The van der Waals surface area contributed by atoms with Crippen LogP contribution in [0.3, 0.4) is 0 Å². The second-order valence-corrected chi connectivity index (χ2v) is 3.98. The van der Waals surface area contributed by atoms with Gasteiger partial charge in [0.2, 0.25) is 5.82 Å². The van der Waals surface area contributed by atoms with Gasteiger partial charge in [-0.2, -0.15) is 5.26 Å². The van der Waals surface area contributed by atoms with Crippen LogP contribution in [-0.2, 0) is 0 Å². The van der Waals surface area contributed by atoms with Crippen LogP contribution in [0, 0.1) is 11.3 Å². The van der Waals surface area contributed by atoms with Gasteiger partial charge in [0.15, 0.2) is 0 Å². The summed E-state index contributed by atoms with van der Waals surface area (Å²) in [6.45, 7) is 0. The first-order chi connectivity index (χ1) is 7.31. The van der Waals surface area contributed by atoms with Gasteiger partial charge in [-0.15, -0.1) is 0 Å². The van der Waals surface area contributed by atoms with E-state index >= 15 is 0 Å². The molecule has 1 aromatic heterocycles. The van der Waals surface area contributed by atoms with Crippen LogP contribution >= 0.6 is 0 Å². The van der Waals surface area contributed by atoms with Crippen LogP contribution in [-0.4, -0.2) is 9.97 Å². The lowest BCUT2D eigenvalue weighted by Gasteiger charge is -2.21. The van der Waals surface area contributed by atoms with Crippen LogP contribution in [0.2, 0.25) is 0 Å². The molecule has 0 unspecified atom stereocenters. The first kappa shape index (κ1) is 9.91. The lowest BCUT2D eigenvalue weighted by atomic mass is 9.86. The third kappa shape index (κ3) is 2.07. The summed E-state index contributed by atoms with van der Waals surface area (Å²) in [6.07, 6.45) is 7.58. The van der Waals surface area contributed by atoms with Crippen molar-refractivity contribution in [1.82, 2.24) is 9.97 Å². The Morgan fingerprint density at radius 3 is 2.73 bits per heavy atom. The van der Waals surface area contributed by atoms with Gasteiger partial charge < -0.3 is 5.73 Å². The fourth-order valence-corrected chi connectivity index (χ4v) is 2.16. The highest BCUT2D eigenvalue weighted by Gasteiger charge is 2.19. The molecule has 4 nitrogen and oxygen atoms in total. The molecule has 15 heavy (non-hydrogen) atoms. The van der Waals surface area contributed by atoms with E-state index in [1.807, 2.05) is 6.07 Å². The lowest BCUT2D eigenvalue weighted by Crippen LogP contribution is -2.11. The Hall–Kier alpha value is -1.63. The molecule has 4 heteroatoms. The second-order valence-electron chi connectivity index (χ2n) is 3.98. The number of nitrogens with zero attached hydrogens (tertiary/aromatic N) is 3. The van der Waals surface area contributed by atoms with Crippen molar-refractivity contribution in [3.8, 4) is 6.07 Å². The minimum atomic E-state index is 0.227. The molecular weight excluding hydrogens is 188 g/mol. The quantitative estimate of drug-likeness (QED) is 0.755. The van der Waals surface area contributed by atoms with Gasteiger partial charge in [-0.3, -0.25) is 0 Å². The third-order valence-corrected chi connectivity index (χ3v) is 2.94. The predicted molar refractivity (Wildman–Crippen MR) is 57.0 cm³/mol. The SMILES string of the molecule is N#Cc1ncc(N)c(C2CCCCC2)n1. The Morgan fingerprint density at radius 1 is 1.33 bits per heavy atom. The summed E-state index contributed by atoms with van der Waals surface area (Å²) in [5, 5.41) is 8.74. The normalized spacial score (nSPS) is 17.3. The number of anilines is 1. The van der Waals surface area contributed by atoms with Crippen molar-refractivity contribution in [2.45, 2.75) is 38.0 Å². The maximum Gasteiger partial charge on any atom is 0.232 e. The van der Waals surface area contributed by atoms with Crippen molar-refractivity contribution in [3.63, 3.8) is 0 Å². The van der Waals surface area contributed by atoms with E-state index in [-0.39, 0.29) is 5.82 Å². The first-order valence-electron chi connectivity index (χ1n) is 5.34. The second kappa shape index (κ2) is 4.26. The molecule has 2 N–H and O–H groups in total. The summed E-state index contributed by atoms with van der Waals surface area (Å²) in [4.78, 5) is 8.07. The summed E-state index contributed by atoms with van der Waals surface area (Å²) in [5.74, 6) is 0.652. The van der Waals surface area contributed by atoms with Crippen LogP contribution in [0.25, 0.3) is 0 Å². The predicted octanol–water partition coefficient (Wildman–Crippen LogP) is 1.98. The Kier molecular flexibility index (Phi) is 2.82. The van der Waals surface area contributed by atoms with E-state index in [9.17, 15) is 0 Å². The molecule has 0 bridgehead atoms. The number of nitriles is 1. The van der Waals surface area contributed by atoms with Gasteiger partial charge in [-0.05, 0) is 12.8 Å². The Labute approximate surface area is 89.2 Å². The summed E-state index contributed by atoms with van der Waals surface area (Å²) in [5.41, 5.74) is 7.34. The summed E-state index contributed by atoms with van der Waals surface area (Å²) < 4.78 is 0. The Morgan fingerprint density at radius 2 is 2.07 bits per heavy atom. The largest absolute Gasteiger partial charge is 0.396 e. The molecule has 1 aliphatic carbocycles. The molecule has 1 fully saturated rings. The fourth-order valence-electron chi connectivity index (χ4n) is 2.16. The summed E-state index contributed by atoms with van der Waals surface area (Å²) in [6, 6.07) is 1.96. The lowest BCUT2D eigenvalue weighted by molar-refractivity contribution is 0.437. The third-order valence-electron chi connectivity index (χ3n) is 2.94. The highest BCUT2D eigenvalue weighted by molar-refractivity contribution is 5.43.